The Morgan fingerprint density at radius 3 is 2.54 bits per heavy atom. The van der Waals surface area contributed by atoms with Crippen LogP contribution in [0.3, 0.4) is 0 Å². The number of nitrogen functional groups attached to an aromatic ring is 1. The van der Waals surface area contributed by atoms with Gasteiger partial charge in [-0.2, -0.15) is 0 Å². The molecule has 24 heavy (non-hydrogen) atoms. The van der Waals surface area contributed by atoms with E-state index in [1.165, 1.54) is 0 Å². The van der Waals surface area contributed by atoms with Gasteiger partial charge in [-0.15, -0.1) is 12.4 Å². The van der Waals surface area contributed by atoms with Crippen molar-refractivity contribution < 1.29 is 9.59 Å². The molecule has 0 radical (unpaired) electrons. The molecular weight excluding hydrogens is 326 g/mol. The zero-order valence-corrected chi connectivity index (χ0v) is 15.1. The second-order valence-electron chi connectivity index (χ2n) is 6.33. The second-order valence-corrected chi connectivity index (χ2v) is 6.33. The summed E-state index contributed by atoms with van der Waals surface area (Å²) in [6, 6.07) is 6.85. The maximum absolute atomic E-state index is 12.7. The molecule has 0 bridgehead atoms. The van der Waals surface area contributed by atoms with Crippen LogP contribution in [0.4, 0.5) is 5.69 Å². The lowest BCUT2D eigenvalue weighted by Crippen LogP contribution is -2.59. The Kier molecular flexibility index (Phi) is 8.05. The molecule has 1 aliphatic rings. The van der Waals surface area contributed by atoms with Crippen molar-refractivity contribution >= 4 is 29.9 Å². The number of carbonyl (C=O) groups excluding carboxylic acids is 2. The predicted octanol–water partition coefficient (Wildman–Crippen LogP) is 3.04. The molecule has 2 amide bonds. The van der Waals surface area contributed by atoms with E-state index in [0.717, 1.165) is 32.1 Å². The molecule has 1 aliphatic carbocycles. The summed E-state index contributed by atoms with van der Waals surface area (Å²) in [5.41, 5.74) is 6.00. The van der Waals surface area contributed by atoms with E-state index in [2.05, 4.69) is 17.6 Å². The Balaban J connectivity index is 0.00000288. The molecule has 0 aromatic heterocycles. The molecule has 5 nitrogen and oxygen atoms in total. The number of hydrogen-bond acceptors (Lipinski definition) is 3. The third-order valence-corrected chi connectivity index (χ3v) is 4.46. The normalized spacial score (nSPS) is 15.9. The summed E-state index contributed by atoms with van der Waals surface area (Å²) in [5, 5.41) is 5.98. The smallest absolute Gasteiger partial charge is 0.252 e. The number of unbranched alkanes of at least 4 members (excludes halogenated alkanes) is 1. The lowest BCUT2D eigenvalue weighted by molar-refractivity contribution is -0.128. The van der Waals surface area contributed by atoms with Crippen LogP contribution < -0.4 is 16.4 Å². The molecular formula is C18H28ClN3O2. The van der Waals surface area contributed by atoms with Gasteiger partial charge in [-0.3, -0.25) is 9.59 Å². The number of hydrogen-bond donors (Lipinski definition) is 3. The number of benzene rings is 1. The fourth-order valence-electron chi connectivity index (χ4n) is 3.08. The topological polar surface area (TPSA) is 84.2 Å². The van der Waals surface area contributed by atoms with Gasteiger partial charge in [0.05, 0.1) is 0 Å². The Morgan fingerprint density at radius 2 is 1.92 bits per heavy atom. The van der Waals surface area contributed by atoms with Gasteiger partial charge < -0.3 is 16.4 Å². The second kappa shape index (κ2) is 9.52. The fourth-order valence-corrected chi connectivity index (χ4v) is 3.08. The lowest BCUT2D eigenvalue weighted by atomic mass is 9.80. The van der Waals surface area contributed by atoms with Gasteiger partial charge in [0.2, 0.25) is 5.91 Å². The van der Waals surface area contributed by atoms with Crippen molar-refractivity contribution in [3.05, 3.63) is 29.8 Å². The Hall–Kier alpha value is -1.75. The Bertz CT molecular complexity index is 557. The standard InChI is InChI=1S/C18H27N3O2.ClH/c1-2-3-12-20-17(23)18(10-5-4-6-11-18)21-16(22)14-8-7-9-15(19)13-14;/h7-9,13H,2-6,10-12,19H2,1H3,(H,20,23)(H,21,22);1H. The molecule has 6 heteroatoms. The average Bonchev–Trinajstić information content (AvgIpc) is 2.55. The van der Waals surface area contributed by atoms with E-state index in [1.807, 2.05) is 0 Å². The van der Waals surface area contributed by atoms with E-state index in [-0.39, 0.29) is 24.2 Å². The molecule has 1 aromatic carbocycles. The molecule has 0 atom stereocenters. The zero-order valence-electron chi connectivity index (χ0n) is 14.3. The molecule has 0 unspecified atom stereocenters. The monoisotopic (exact) mass is 353 g/mol. The van der Waals surface area contributed by atoms with Crippen molar-refractivity contribution in [2.75, 3.05) is 12.3 Å². The number of anilines is 1. The molecule has 2 rings (SSSR count). The maximum atomic E-state index is 12.7. The van der Waals surface area contributed by atoms with Crippen molar-refractivity contribution in [3.63, 3.8) is 0 Å². The molecule has 0 heterocycles. The first-order valence-electron chi connectivity index (χ1n) is 8.54. The summed E-state index contributed by atoms with van der Waals surface area (Å²) in [7, 11) is 0. The number of nitrogens with one attached hydrogen (secondary N) is 2. The van der Waals surface area contributed by atoms with E-state index in [1.54, 1.807) is 24.3 Å². The van der Waals surface area contributed by atoms with Crippen molar-refractivity contribution in [1.29, 1.82) is 0 Å². The SMILES string of the molecule is CCCCNC(=O)C1(NC(=O)c2cccc(N)c2)CCCCC1.Cl. The highest BCUT2D eigenvalue weighted by atomic mass is 35.5. The summed E-state index contributed by atoms with van der Waals surface area (Å²) < 4.78 is 0. The van der Waals surface area contributed by atoms with Crippen molar-refractivity contribution in [3.8, 4) is 0 Å². The minimum Gasteiger partial charge on any atom is -0.399 e. The zero-order chi connectivity index (χ0) is 16.7. The quantitative estimate of drug-likeness (QED) is 0.543. The highest BCUT2D eigenvalue weighted by Crippen LogP contribution is 2.29. The van der Waals surface area contributed by atoms with Gasteiger partial charge in [0.25, 0.3) is 5.91 Å². The summed E-state index contributed by atoms with van der Waals surface area (Å²) in [5.74, 6) is -0.284. The van der Waals surface area contributed by atoms with Gasteiger partial charge in [-0.05, 0) is 37.5 Å². The average molecular weight is 354 g/mol. The maximum Gasteiger partial charge on any atom is 0.252 e. The van der Waals surface area contributed by atoms with Crippen LogP contribution >= 0.6 is 12.4 Å². The summed E-state index contributed by atoms with van der Waals surface area (Å²) >= 11 is 0. The van der Waals surface area contributed by atoms with Crippen LogP contribution in [0.1, 0.15) is 62.2 Å². The number of rotatable bonds is 6. The van der Waals surface area contributed by atoms with E-state index in [9.17, 15) is 9.59 Å². The molecule has 0 saturated heterocycles. The van der Waals surface area contributed by atoms with E-state index in [0.29, 0.717) is 30.6 Å². The van der Waals surface area contributed by atoms with Crippen LogP contribution in [0.5, 0.6) is 0 Å². The molecule has 1 fully saturated rings. The van der Waals surface area contributed by atoms with Gasteiger partial charge in [-0.25, -0.2) is 0 Å². The van der Waals surface area contributed by atoms with E-state index < -0.39 is 5.54 Å². The Morgan fingerprint density at radius 1 is 1.21 bits per heavy atom. The minimum atomic E-state index is -0.784. The van der Waals surface area contributed by atoms with Crippen LogP contribution in [-0.2, 0) is 4.79 Å². The van der Waals surface area contributed by atoms with Crippen LogP contribution in [0, 0.1) is 0 Å². The van der Waals surface area contributed by atoms with Gasteiger partial charge in [0.1, 0.15) is 5.54 Å². The van der Waals surface area contributed by atoms with Gasteiger partial charge in [-0.1, -0.05) is 38.7 Å². The van der Waals surface area contributed by atoms with Crippen LogP contribution in [-0.4, -0.2) is 23.9 Å². The van der Waals surface area contributed by atoms with Gasteiger partial charge >= 0.3 is 0 Å². The summed E-state index contributed by atoms with van der Waals surface area (Å²) in [6.07, 6.45) is 6.39. The Labute approximate surface area is 150 Å². The van der Waals surface area contributed by atoms with Crippen molar-refractivity contribution in [2.24, 2.45) is 0 Å². The first-order chi connectivity index (χ1) is 11.1. The van der Waals surface area contributed by atoms with E-state index >= 15 is 0 Å². The highest BCUT2D eigenvalue weighted by molar-refractivity contribution is 5.99. The first-order valence-corrected chi connectivity index (χ1v) is 8.54. The number of nitrogens with two attached hydrogens (primary N) is 1. The van der Waals surface area contributed by atoms with Gasteiger partial charge in [0.15, 0.2) is 0 Å². The number of carbonyl (C=O) groups is 2. The molecule has 0 aliphatic heterocycles. The summed E-state index contributed by atoms with van der Waals surface area (Å²) in [4.78, 5) is 25.2. The fraction of sp³-hybridized carbons (Fsp3) is 0.556. The van der Waals surface area contributed by atoms with E-state index in [4.69, 9.17) is 5.73 Å². The van der Waals surface area contributed by atoms with Crippen LogP contribution in [0.15, 0.2) is 24.3 Å². The molecule has 4 N–H and O–H groups in total. The molecule has 1 saturated carbocycles. The molecule has 0 spiro atoms. The predicted molar refractivity (Wildman–Crippen MR) is 99.3 cm³/mol. The van der Waals surface area contributed by atoms with Crippen LogP contribution in [0.2, 0.25) is 0 Å². The number of halogens is 1. The first kappa shape index (κ1) is 20.3. The summed E-state index contributed by atoms with van der Waals surface area (Å²) in [6.45, 7) is 2.75. The number of amides is 2. The minimum absolute atomic E-state index is 0. The van der Waals surface area contributed by atoms with Crippen LogP contribution in [0.25, 0.3) is 0 Å². The lowest BCUT2D eigenvalue weighted by Gasteiger charge is -2.36. The molecule has 134 valence electrons. The largest absolute Gasteiger partial charge is 0.399 e. The van der Waals surface area contributed by atoms with Crippen molar-refractivity contribution in [1.82, 2.24) is 10.6 Å². The van der Waals surface area contributed by atoms with Gasteiger partial charge in [0, 0.05) is 17.8 Å². The molecule has 1 aromatic rings. The third-order valence-electron chi connectivity index (χ3n) is 4.46. The third kappa shape index (κ3) is 5.13. The highest BCUT2D eigenvalue weighted by Gasteiger charge is 2.40. The van der Waals surface area contributed by atoms with Crippen molar-refractivity contribution in [2.45, 2.75) is 57.4 Å².